The van der Waals surface area contributed by atoms with Gasteiger partial charge >= 0.3 is 5.97 Å². The summed E-state index contributed by atoms with van der Waals surface area (Å²) in [5.41, 5.74) is 0. The molecule has 1 atom stereocenters. The Labute approximate surface area is 115 Å². The first-order valence-electron chi connectivity index (χ1n) is 5.78. The van der Waals surface area contributed by atoms with Crippen molar-refractivity contribution in [3.63, 3.8) is 0 Å². The smallest absolute Gasteiger partial charge is 0.310 e. The molecular weight excluding hydrogens is 268 g/mol. The highest BCUT2D eigenvalue weighted by atomic mass is 35.5. The zero-order valence-corrected chi connectivity index (χ0v) is 10.8. The molecule has 19 heavy (non-hydrogen) atoms. The molecule has 1 aromatic carbocycles. The van der Waals surface area contributed by atoms with Crippen molar-refractivity contribution < 1.29 is 19.1 Å². The number of ether oxygens (including phenoxy) is 1. The molecule has 2 aromatic rings. The van der Waals surface area contributed by atoms with Crippen molar-refractivity contribution in [2.75, 3.05) is 6.61 Å². The third-order valence-electron chi connectivity index (χ3n) is 2.62. The van der Waals surface area contributed by atoms with E-state index in [0.29, 0.717) is 23.0 Å². The van der Waals surface area contributed by atoms with E-state index >= 15 is 0 Å². The molecule has 0 aliphatic rings. The Hall–Kier alpha value is -1.94. The Morgan fingerprint density at radius 3 is 2.84 bits per heavy atom. The molecule has 1 N–H and O–H groups in total. The molecule has 0 aliphatic heterocycles. The largest absolute Gasteiger partial charge is 0.493 e. The van der Waals surface area contributed by atoms with Crippen LogP contribution in [0.4, 0.5) is 0 Å². The summed E-state index contributed by atoms with van der Waals surface area (Å²) in [4.78, 5) is 11.2. The number of hydrogen-bond acceptors (Lipinski definition) is 3. The quantitative estimate of drug-likeness (QED) is 0.882. The molecule has 0 bridgehead atoms. The van der Waals surface area contributed by atoms with E-state index in [1.165, 1.54) is 6.26 Å². The lowest BCUT2D eigenvalue weighted by Gasteiger charge is -2.12. The van der Waals surface area contributed by atoms with Gasteiger partial charge in [0.1, 0.15) is 18.1 Å². The van der Waals surface area contributed by atoms with Crippen molar-refractivity contribution in [3.05, 3.63) is 53.4 Å². The van der Waals surface area contributed by atoms with Gasteiger partial charge in [0.05, 0.1) is 12.2 Å². The maximum absolute atomic E-state index is 11.2. The lowest BCUT2D eigenvalue weighted by Crippen LogP contribution is -2.23. The molecule has 0 spiro atoms. The molecule has 0 saturated heterocycles. The molecule has 0 radical (unpaired) electrons. The van der Waals surface area contributed by atoms with Gasteiger partial charge in [-0.2, -0.15) is 0 Å². The molecule has 5 heteroatoms. The van der Waals surface area contributed by atoms with E-state index in [-0.39, 0.29) is 6.61 Å². The first-order chi connectivity index (χ1) is 9.15. The highest BCUT2D eigenvalue weighted by Crippen LogP contribution is 2.19. The van der Waals surface area contributed by atoms with Crippen LogP contribution >= 0.6 is 11.6 Å². The minimum Gasteiger partial charge on any atom is -0.493 e. The number of carbonyl (C=O) groups is 1. The second kappa shape index (κ2) is 6.29. The zero-order chi connectivity index (χ0) is 13.7. The van der Waals surface area contributed by atoms with Crippen molar-refractivity contribution >= 4 is 17.6 Å². The number of carboxylic acid groups (broad SMARTS) is 1. The Bertz CT molecular complexity index is 536. The predicted octanol–water partition coefficient (Wildman–Crippen LogP) is 3.26. The van der Waals surface area contributed by atoms with E-state index in [0.717, 1.165) is 0 Å². The van der Waals surface area contributed by atoms with Crippen LogP contribution in [0.2, 0.25) is 5.02 Å². The Balaban J connectivity index is 1.96. The van der Waals surface area contributed by atoms with Crippen LogP contribution in [-0.4, -0.2) is 17.7 Å². The highest BCUT2D eigenvalue weighted by Gasteiger charge is 2.20. The molecule has 4 nitrogen and oxygen atoms in total. The normalized spacial score (nSPS) is 12.1. The number of hydrogen-bond donors (Lipinski definition) is 1. The van der Waals surface area contributed by atoms with E-state index in [9.17, 15) is 4.79 Å². The summed E-state index contributed by atoms with van der Waals surface area (Å²) >= 11 is 5.83. The Morgan fingerprint density at radius 2 is 2.21 bits per heavy atom. The molecule has 1 heterocycles. The van der Waals surface area contributed by atoms with Gasteiger partial charge in [0.15, 0.2) is 0 Å². The number of halogens is 1. The van der Waals surface area contributed by atoms with Crippen molar-refractivity contribution in [3.8, 4) is 5.75 Å². The van der Waals surface area contributed by atoms with E-state index in [1.54, 1.807) is 36.4 Å². The molecule has 1 aromatic heterocycles. The summed E-state index contributed by atoms with van der Waals surface area (Å²) in [6, 6.07) is 10.3. The molecule has 0 aliphatic carbocycles. The Morgan fingerprint density at radius 1 is 1.37 bits per heavy atom. The monoisotopic (exact) mass is 280 g/mol. The average Bonchev–Trinajstić information content (AvgIpc) is 2.87. The van der Waals surface area contributed by atoms with E-state index in [4.69, 9.17) is 25.9 Å². The highest BCUT2D eigenvalue weighted by molar-refractivity contribution is 6.30. The van der Waals surface area contributed by atoms with Crippen molar-refractivity contribution in [1.29, 1.82) is 0 Å². The summed E-state index contributed by atoms with van der Waals surface area (Å²) < 4.78 is 10.6. The first kappa shape index (κ1) is 13.5. The van der Waals surface area contributed by atoms with E-state index in [2.05, 4.69) is 0 Å². The number of benzene rings is 1. The van der Waals surface area contributed by atoms with Crippen molar-refractivity contribution in [2.24, 2.45) is 5.92 Å². The van der Waals surface area contributed by atoms with Gasteiger partial charge in [-0.15, -0.1) is 0 Å². The predicted molar refractivity (Wildman–Crippen MR) is 70.5 cm³/mol. The number of rotatable bonds is 6. The van der Waals surface area contributed by atoms with Gasteiger partial charge in [-0.3, -0.25) is 4.79 Å². The summed E-state index contributed by atoms with van der Waals surface area (Å²) in [5, 5.41) is 9.71. The first-order valence-corrected chi connectivity index (χ1v) is 6.16. The maximum Gasteiger partial charge on any atom is 0.310 e. The lowest BCUT2D eigenvalue weighted by molar-refractivity contribution is -0.142. The third kappa shape index (κ3) is 4.03. The maximum atomic E-state index is 11.2. The standard InChI is InChI=1S/C14H13ClO4/c15-11-3-1-4-13(8-11)19-9-10(14(16)17)7-12-5-2-6-18-12/h1-6,8,10H,7,9H2,(H,16,17). The van der Waals surface area contributed by atoms with Gasteiger partial charge < -0.3 is 14.3 Å². The minimum absolute atomic E-state index is 0.0658. The molecule has 100 valence electrons. The Kier molecular flexibility index (Phi) is 4.47. The van der Waals surface area contributed by atoms with Gasteiger partial charge in [-0.25, -0.2) is 0 Å². The molecule has 0 saturated carbocycles. The van der Waals surface area contributed by atoms with Crippen LogP contribution in [0.25, 0.3) is 0 Å². The van der Waals surface area contributed by atoms with Crippen LogP contribution in [0, 0.1) is 5.92 Å². The van der Waals surface area contributed by atoms with Gasteiger partial charge in [-0.05, 0) is 30.3 Å². The summed E-state index contributed by atoms with van der Waals surface area (Å²) in [6.45, 7) is 0.0658. The van der Waals surface area contributed by atoms with Gasteiger partial charge in [0.2, 0.25) is 0 Å². The lowest BCUT2D eigenvalue weighted by atomic mass is 10.1. The minimum atomic E-state index is -0.918. The summed E-state index contributed by atoms with van der Waals surface area (Å²) in [7, 11) is 0. The van der Waals surface area contributed by atoms with Crippen molar-refractivity contribution in [2.45, 2.75) is 6.42 Å². The van der Waals surface area contributed by atoms with Crippen LogP contribution < -0.4 is 4.74 Å². The average molecular weight is 281 g/mol. The number of carboxylic acids is 1. The number of furan rings is 1. The van der Waals surface area contributed by atoms with Crippen LogP contribution in [-0.2, 0) is 11.2 Å². The van der Waals surface area contributed by atoms with Crippen LogP contribution in [0.3, 0.4) is 0 Å². The fraction of sp³-hybridized carbons (Fsp3) is 0.214. The molecule has 0 amide bonds. The van der Waals surface area contributed by atoms with Gasteiger partial charge in [-0.1, -0.05) is 17.7 Å². The molecule has 0 fully saturated rings. The third-order valence-corrected chi connectivity index (χ3v) is 2.86. The van der Waals surface area contributed by atoms with Crippen LogP contribution in [0.5, 0.6) is 5.75 Å². The second-order valence-corrected chi connectivity index (χ2v) is 4.52. The van der Waals surface area contributed by atoms with Gasteiger partial charge in [0, 0.05) is 11.4 Å². The van der Waals surface area contributed by atoms with Gasteiger partial charge in [0.25, 0.3) is 0 Å². The van der Waals surface area contributed by atoms with Crippen molar-refractivity contribution in [1.82, 2.24) is 0 Å². The van der Waals surface area contributed by atoms with E-state index < -0.39 is 11.9 Å². The molecule has 1 unspecified atom stereocenters. The summed E-state index contributed by atoms with van der Waals surface area (Å²) in [5.74, 6) is -0.399. The van der Waals surface area contributed by atoms with Crippen LogP contribution in [0.1, 0.15) is 5.76 Å². The fourth-order valence-corrected chi connectivity index (χ4v) is 1.82. The van der Waals surface area contributed by atoms with E-state index in [1.807, 2.05) is 0 Å². The zero-order valence-electron chi connectivity index (χ0n) is 10.1. The SMILES string of the molecule is O=C(O)C(COc1cccc(Cl)c1)Cc1ccco1. The number of aliphatic carboxylic acids is 1. The molecule has 2 rings (SSSR count). The topological polar surface area (TPSA) is 59.7 Å². The molecular formula is C14H13ClO4. The fourth-order valence-electron chi connectivity index (χ4n) is 1.64. The van der Waals surface area contributed by atoms with Crippen LogP contribution in [0.15, 0.2) is 47.1 Å². The second-order valence-electron chi connectivity index (χ2n) is 4.09. The summed E-state index contributed by atoms with van der Waals surface area (Å²) in [6.07, 6.45) is 1.81.